The smallest absolute Gasteiger partial charge is 0.258 e. The summed E-state index contributed by atoms with van der Waals surface area (Å²) >= 11 is 12.0. The van der Waals surface area contributed by atoms with E-state index < -0.39 is 11.7 Å². The van der Waals surface area contributed by atoms with Crippen LogP contribution in [0.25, 0.3) is 0 Å². The quantitative estimate of drug-likeness (QED) is 0.475. The van der Waals surface area contributed by atoms with E-state index in [0.29, 0.717) is 23.2 Å². The van der Waals surface area contributed by atoms with Gasteiger partial charge in [0.15, 0.2) is 0 Å². The molecule has 1 aromatic carbocycles. The van der Waals surface area contributed by atoms with Crippen LogP contribution < -0.4 is 10.6 Å². The molecule has 0 atom stereocenters. The van der Waals surface area contributed by atoms with E-state index in [0.717, 1.165) is 31.4 Å². The van der Waals surface area contributed by atoms with Crippen molar-refractivity contribution in [3.8, 4) is 0 Å². The van der Waals surface area contributed by atoms with Crippen molar-refractivity contribution in [2.24, 2.45) is 11.8 Å². The molecule has 3 N–H and O–H groups in total. The average Bonchev–Trinajstić information content (AvgIpc) is 3.55. The van der Waals surface area contributed by atoms with E-state index in [1.165, 1.54) is 18.5 Å². The second kappa shape index (κ2) is 8.13. The molecule has 0 aliphatic heterocycles. The SMILES string of the molecule is N=C(/C=C(\Nc1ccc(NC(=O)c2c(Cl)cncc2Cl)cc1F)C1CC1)C1CC1. The van der Waals surface area contributed by atoms with Gasteiger partial charge in [-0.05, 0) is 55.9 Å². The van der Waals surface area contributed by atoms with Gasteiger partial charge in [0.1, 0.15) is 5.82 Å². The van der Waals surface area contributed by atoms with Crippen LogP contribution in [0.1, 0.15) is 36.0 Å². The molecule has 2 aliphatic rings. The van der Waals surface area contributed by atoms with Gasteiger partial charge in [-0.1, -0.05) is 23.2 Å². The molecule has 1 aromatic heterocycles. The summed E-state index contributed by atoms with van der Waals surface area (Å²) in [6, 6.07) is 4.40. The Morgan fingerprint density at radius 2 is 1.76 bits per heavy atom. The maximum atomic E-state index is 14.7. The molecule has 5 nitrogen and oxygen atoms in total. The van der Waals surface area contributed by atoms with Crippen LogP contribution in [-0.4, -0.2) is 16.6 Å². The Kier molecular flexibility index (Phi) is 5.56. The fourth-order valence-electron chi connectivity index (χ4n) is 3.00. The number of nitrogens with one attached hydrogen (secondary N) is 3. The Labute approximate surface area is 177 Å². The molecule has 0 saturated heterocycles. The van der Waals surface area contributed by atoms with Crippen LogP contribution >= 0.6 is 23.2 Å². The van der Waals surface area contributed by atoms with E-state index in [-0.39, 0.29) is 21.3 Å². The fourth-order valence-corrected chi connectivity index (χ4v) is 3.54. The van der Waals surface area contributed by atoms with Crippen LogP contribution in [0.2, 0.25) is 10.0 Å². The highest BCUT2D eigenvalue weighted by Crippen LogP contribution is 2.39. The number of amides is 1. The van der Waals surface area contributed by atoms with Crippen molar-refractivity contribution in [3.63, 3.8) is 0 Å². The molecule has 2 aliphatic carbocycles. The predicted octanol–water partition coefficient (Wildman–Crippen LogP) is 5.92. The molecule has 1 amide bonds. The molecule has 2 fully saturated rings. The lowest BCUT2D eigenvalue weighted by molar-refractivity contribution is 0.102. The summed E-state index contributed by atoms with van der Waals surface area (Å²) in [6.07, 6.45) is 8.68. The van der Waals surface area contributed by atoms with Crippen LogP contribution in [0.3, 0.4) is 0 Å². The lowest BCUT2D eigenvalue weighted by Crippen LogP contribution is -2.14. The third-order valence-corrected chi connectivity index (χ3v) is 5.50. The third kappa shape index (κ3) is 4.77. The summed E-state index contributed by atoms with van der Waals surface area (Å²) in [6.45, 7) is 0. The standard InChI is InChI=1S/C21H19Cl2FN4O/c22-14-9-26-10-15(23)20(14)21(29)27-13-5-6-18(16(24)7-13)28-19(12-3-4-12)8-17(25)11-1-2-11/h5-12,25,28H,1-4H2,(H,27,29)/b19-8-,25-17?. The number of halogens is 3. The number of benzene rings is 1. The number of hydrogen-bond donors (Lipinski definition) is 3. The summed E-state index contributed by atoms with van der Waals surface area (Å²) in [4.78, 5) is 16.2. The first-order valence-electron chi connectivity index (χ1n) is 9.39. The highest BCUT2D eigenvalue weighted by Gasteiger charge is 2.30. The molecule has 0 radical (unpaired) electrons. The number of rotatable bonds is 7. The van der Waals surface area contributed by atoms with Crippen molar-refractivity contribution < 1.29 is 9.18 Å². The van der Waals surface area contributed by atoms with Gasteiger partial charge in [0, 0.05) is 35.4 Å². The fraction of sp³-hybridized carbons (Fsp3) is 0.286. The van der Waals surface area contributed by atoms with Crippen LogP contribution in [0.4, 0.5) is 15.8 Å². The second-order valence-corrected chi connectivity index (χ2v) is 8.17. The Morgan fingerprint density at radius 3 is 2.34 bits per heavy atom. The van der Waals surface area contributed by atoms with E-state index in [4.69, 9.17) is 28.6 Å². The summed E-state index contributed by atoms with van der Waals surface area (Å²) < 4.78 is 14.7. The Bertz CT molecular complexity index is 995. The molecule has 0 spiro atoms. The molecular formula is C21H19Cl2FN4O. The lowest BCUT2D eigenvalue weighted by atomic mass is 10.1. The average molecular weight is 433 g/mol. The molecular weight excluding hydrogens is 414 g/mol. The molecule has 8 heteroatoms. The van der Waals surface area contributed by atoms with E-state index in [1.807, 2.05) is 6.08 Å². The number of carbonyl (C=O) groups excluding carboxylic acids is 1. The molecule has 4 rings (SSSR count). The molecule has 2 aromatic rings. The van der Waals surface area contributed by atoms with Crippen molar-refractivity contribution in [2.45, 2.75) is 25.7 Å². The second-order valence-electron chi connectivity index (χ2n) is 7.36. The number of aromatic nitrogens is 1. The van der Waals surface area contributed by atoms with Crippen molar-refractivity contribution >= 4 is 46.2 Å². The van der Waals surface area contributed by atoms with E-state index >= 15 is 0 Å². The minimum absolute atomic E-state index is 0.0866. The van der Waals surface area contributed by atoms with Crippen LogP contribution in [-0.2, 0) is 0 Å². The highest BCUT2D eigenvalue weighted by molar-refractivity contribution is 6.40. The summed E-state index contributed by atoms with van der Waals surface area (Å²) in [5, 5.41) is 14.1. The highest BCUT2D eigenvalue weighted by atomic mass is 35.5. The Morgan fingerprint density at radius 1 is 1.10 bits per heavy atom. The van der Waals surface area contributed by atoms with Gasteiger partial charge >= 0.3 is 0 Å². The number of carbonyl (C=O) groups is 1. The number of pyridine rings is 1. The number of hydrogen-bond acceptors (Lipinski definition) is 4. The van der Waals surface area contributed by atoms with Crippen molar-refractivity contribution in [3.05, 3.63) is 63.8 Å². The zero-order valence-corrected chi connectivity index (χ0v) is 16.9. The number of nitrogens with zero attached hydrogens (tertiary/aromatic N) is 1. The first kappa shape index (κ1) is 19.9. The number of anilines is 2. The van der Waals surface area contributed by atoms with Crippen molar-refractivity contribution in [1.29, 1.82) is 5.41 Å². The molecule has 0 unspecified atom stereocenters. The first-order valence-corrected chi connectivity index (χ1v) is 10.1. The van der Waals surface area contributed by atoms with Crippen molar-refractivity contribution in [2.75, 3.05) is 10.6 Å². The summed E-state index contributed by atoms with van der Waals surface area (Å²) in [5.74, 6) is -0.346. The normalized spacial score (nSPS) is 16.4. The van der Waals surface area contributed by atoms with Gasteiger partial charge in [-0.2, -0.15) is 0 Å². The molecule has 150 valence electrons. The summed E-state index contributed by atoms with van der Waals surface area (Å²) in [5.41, 5.74) is 2.17. The summed E-state index contributed by atoms with van der Waals surface area (Å²) in [7, 11) is 0. The monoisotopic (exact) mass is 432 g/mol. The molecule has 1 heterocycles. The topological polar surface area (TPSA) is 77.9 Å². The molecule has 29 heavy (non-hydrogen) atoms. The van der Waals surface area contributed by atoms with Gasteiger partial charge in [-0.3, -0.25) is 9.78 Å². The number of allylic oxidation sites excluding steroid dienone is 2. The van der Waals surface area contributed by atoms with Gasteiger partial charge in [0.25, 0.3) is 5.91 Å². The van der Waals surface area contributed by atoms with Gasteiger partial charge < -0.3 is 16.0 Å². The molecule has 0 bridgehead atoms. The minimum atomic E-state index is -0.543. The van der Waals surface area contributed by atoms with E-state index in [9.17, 15) is 9.18 Å². The predicted molar refractivity (Wildman–Crippen MR) is 113 cm³/mol. The lowest BCUT2D eigenvalue weighted by Gasteiger charge is -2.13. The van der Waals surface area contributed by atoms with E-state index in [1.54, 1.807) is 12.1 Å². The van der Waals surface area contributed by atoms with Gasteiger partial charge in [0.2, 0.25) is 0 Å². The Balaban J connectivity index is 1.49. The Hall–Kier alpha value is -2.44. The maximum absolute atomic E-state index is 14.7. The molecule has 2 saturated carbocycles. The van der Waals surface area contributed by atoms with Gasteiger partial charge in [0.05, 0.1) is 21.3 Å². The van der Waals surface area contributed by atoms with Gasteiger partial charge in [-0.15, -0.1) is 0 Å². The van der Waals surface area contributed by atoms with Crippen LogP contribution in [0.5, 0.6) is 0 Å². The first-order chi connectivity index (χ1) is 13.9. The van der Waals surface area contributed by atoms with Gasteiger partial charge in [-0.25, -0.2) is 4.39 Å². The van der Waals surface area contributed by atoms with Crippen molar-refractivity contribution in [1.82, 2.24) is 4.98 Å². The zero-order chi connectivity index (χ0) is 20.5. The van der Waals surface area contributed by atoms with E-state index in [2.05, 4.69) is 15.6 Å². The third-order valence-electron chi connectivity index (χ3n) is 4.93. The largest absolute Gasteiger partial charge is 0.356 e. The van der Waals surface area contributed by atoms with Crippen LogP contribution in [0, 0.1) is 23.1 Å². The zero-order valence-electron chi connectivity index (χ0n) is 15.4. The van der Waals surface area contributed by atoms with Crippen LogP contribution in [0.15, 0.2) is 42.4 Å². The maximum Gasteiger partial charge on any atom is 0.258 e. The minimum Gasteiger partial charge on any atom is -0.356 e.